The van der Waals surface area contributed by atoms with Gasteiger partial charge in [-0.2, -0.15) is 0 Å². The molecule has 1 saturated heterocycles. The molecular weight excluding hydrogens is 830 g/mol. The van der Waals surface area contributed by atoms with Gasteiger partial charge in [-0.15, -0.1) is 0 Å². The maximum absolute atomic E-state index is 14.0. The van der Waals surface area contributed by atoms with E-state index in [-0.39, 0.29) is 85.7 Å². The third-order valence-electron chi connectivity index (χ3n) is 11.6. The maximum Gasteiger partial charge on any atom is 0.412 e. The summed E-state index contributed by atoms with van der Waals surface area (Å²) in [6.07, 6.45) is -8.49. The van der Waals surface area contributed by atoms with Crippen LogP contribution in [0.3, 0.4) is 0 Å². The lowest BCUT2D eigenvalue weighted by atomic mass is 9.86. The quantitative estimate of drug-likeness (QED) is 0.0777. The van der Waals surface area contributed by atoms with Crippen LogP contribution in [0.4, 0.5) is 16.2 Å². The molecule has 334 valence electrons. The molecule has 0 bridgehead atoms. The number of anilines is 2. The number of ether oxygens (including phenoxy) is 6. The van der Waals surface area contributed by atoms with Crippen LogP contribution in [-0.2, 0) is 60.4 Å². The number of esters is 1. The monoisotopic (exact) mass is 875 g/mol. The Bertz CT molecular complexity index is 2600. The molecule has 63 heavy (non-hydrogen) atoms. The highest BCUT2D eigenvalue weighted by molar-refractivity contribution is 6.06. The third kappa shape index (κ3) is 7.65. The van der Waals surface area contributed by atoms with Crippen molar-refractivity contribution >= 4 is 46.2 Å². The van der Waals surface area contributed by atoms with E-state index in [4.69, 9.17) is 39.1 Å². The minimum atomic E-state index is -2.01. The molecule has 1 fully saturated rings. The Balaban J connectivity index is 1.10. The van der Waals surface area contributed by atoms with E-state index >= 15 is 0 Å². The van der Waals surface area contributed by atoms with Gasteiger partial charge in [-0.25, -0.2) is 19.4 Å². The van der Waals surface area contributed by atoms with Gasteiger partial charge >= 0.3 is 18.0 Å². The molecule has 9 N–H and O–H groups in total. The van der Waals surface area contributed by atoms with Crippen molar-refractivity contribution in [2.45, 2.75) is 102 Å². The Morgan fingerprint density at radius 1 is 1.02 bits per heavy atom. The zero-order chi connectivity index (χ0) is 44.9. The second-order valence-corrected chi connectivity index (χ2v) is 15.5. The Kier molecular flexibility index (Phi) is 11.7. The van der Waals surface area contributed by atoms with Crippen molar-refractivity contribution in [2.75, 3.05) is 24.0 Å². The van der Waals surface area contributed by atoms with Gasteiger partial charge in [0.05, 0.1) is 34.7 Å². The molecule has 21 heteroatoms. The van der Waals surface area contributed by atoms with Crippen molar-refractivity contribution in [1.82, 2.24) is 9.55 Å². The zero-order valence-corrected chi connectivity index (χ0v) is 34.0. The number of hydrogen-bond acceptors (Lipinski definition) is 17. The lowest BCUT2D eigenvalue weighted by Gasteiger charge is -2.38. The average Bonchev–Trinajstić information content (AvgIpc) is 3.89. The van der Waals surface area contributed by atoms with Gasteiger partial charge in [0.2, 0.25) is 19.0 Å². The molecule has 6 atom stereocenters. The third-order valence-corrected chi connectivity index (χ3v) is 11.6. The zero-order valence-electron chi connectivity index (χ0n) is 34.0. The number of amides is 2. The molecule has 0 spiro atoms. The summed E-state index contributed by atoms with van der Waals surface area (Å²) in [5, 5.41) is 57.7. The van der Waals surface area contributed by atoms with E-state index in [1.165, 1.54) is 22.8 Å². The molecule has 2 aromatic heterocycles. The fourth-order valence-electron chi connectivity index (χ4n) is 8.22. The summed E-state index contributed by atoms with van der Waals surface area (Å²) >= 11 is 0. The van der Waals surface area contributed by atoms with E-state index in [9.17, 15) is 49.5 Å². The number of nitrogens with two attached hydrogens (primary N) is 1. The lowest BCUT2D eigenvalue weighted by molar-refractivity contribution is -0.271. The van der Waals surface area contributed by atoms with Gasteiger partial charge in [0.1, 0.15) is 43.0 Å². The number of carboxylic acid groups (broad SMARTS) is 1. The van der Waals surface area contributed by atoms with Crippen LogP contribution in [0.5, 0.6) is 17.2 Å². The number of nitrogens with one attached hydrogen (secondary N) is 2. The molecular formula is C42H45N5O16. The van der Waals surface area contributed by atoms with Gasteiger partial charge in [0, 0.05) is 35.5 Å². The minimum Gasteiger partial charge on any atom is -0.479 e. The Morgan fingerprint density at radius 2 is 1.81 bits per heavy atom. The van der Waals surface area contributed by atoms with Crippen molar-refractivity contribution in [3.63, 3.8) is 0 Å². The number of carboxylic acids is 1. The molecule has 0 aliphatic carbocycles. The van der Waals surface area contributed by atoms with Gasteiger partial charge in [-0.05, 0) is 48.6 Å². The van der Waals surface area contributed by atoms with E-state index in [1.807, 2.05) is 6.92 Å². The van der Waals surface area contributed by atoms with E-state index in [2.05, 4.69) is 10.6 Å². The largest absolute Gasteiger partial charge is 0.479 e. The summed E-state index contributed by atoms with van der Waals surface area (Å²) in [4.78, 5) is 69.7. The number of aliphatic hydroxyl groups excluding tert-OH is 3. The number of aliphatic hydroxyl groups is 4. The molecule has 4 aliphatic rings. The summed E-state index contributed by atoms with van der Waals surface area (Å²) in [5.74, 6) is -2.59. The van der Waals surface area contributed by atoms with Crippen LogP contribution in [0.25, 0.3) is 22.3 Å². The minimum absolute atomic E-state index is 0.000856. The van der Waals surface area contributed by atoms with Crippen LogP contribution in [-0.4, -0.2) is 103 Å². The first-order valence-electron chi connectivity index (χ1n) is 20.3. The van der Waals surface area contributed by atoms with Gasteiger partial charge < -0.3 is 69.6 Å². The Morgan fingerprint density at radius 3 is 2.54 bits per heavy atom. The van der Waals surface area contributed by atoms with Gasteiger partial charge in [-0.3, -0.25) is 14.9 Å². The number of aliphatic carboxylic acids is 1. The maximum atomic E-state index is 14.0. The fourth-order valence-corrected chi connectivity index (χ4v) is 8.22. The summed E-state index contributed by atoms with van der Waals surface area (Å²) in [5.41, 5.74) is 6.81. The number of rotatable bonds is 13. The molecule has 4 aromatic rings. The number of carbonyl (C=O) groups is 4. The molecule has 8 rings (SSSR count). The van der Waals surface area contributed by atoms with Crippen molar-refractivity contribution in [1.29, 1.82) is 0 Å². The molecule has 2 amide bonds. The topological polar surface area (TPSA) is 310 Å². The molecule has 0 radical (unpaired) electrons. The van der Waals surface area contributed by atoms with Gasteiger partial charge in [-0.1, -0.05) is 26.3 Å². The second kappa shape index (κ2) is 17.1. The Labute approximate surface area is 357 Å². The summed E-state index contributed by atoms with van der Waals surface area (Å²) in [6, 6.07) is 7.49. The standard InChI is InChI=1S/C42H45N5O16/c1-3-5-6-19-20-14-47-25(12-22-21(37(47)52)16-58-40(55)42(22,57)4-2)30(20)45-24-13-27-35(61-17-60-27)31(29(19)24)46-41(56)59-15-18-7-8-26(23(11-18)44-28(48)9-10-43)62-39-34(51)32(49)33(50)36(63-39)38(53)54/h7-8,11-13,32-34,36,39,49-51,57H,3-6,9-10,14-17,43H2,1-2H3,(H,44,48)(H,46,56)(H,53,54)/t32-,33-,34+,36-,39?,42-/m0/s1. The number of pyridine rings is 2. The summed E-state index contributed by atoms with van der Waals surface area (Å²) in [6.45, 7) is 2.97. The summed E-state index contributed by atoms with van der Waals surface area (Å²) < 4.78 is 35.0. The lowest BCUT2D eigenvalue weighted by Crippen LogP contribution is -2.61. The van der Waals surface area contributed by atoms with E-state index in [1.54, 1.807) is 19.1 Å². The van der Waals surface area contributed by atoms with Crippen LogP contribution in [0, 0.1) is 0 Å². The smallest absolute Gasteiger partial charge is 0.412 e. The highest BCUT2D eigenvalue weighted by Crippen LogP contribution is 2.49. The van der Waals surface area contributed by atoms with Crippen molar-refractivity contribution in [3.8, 4) is 28.6 Å². The predicted molar refractivity (Wildman–Crippen MR) is 217 cm³/mol. The fraction of sp³-hybridized carbons (Fsp3) is 0.429. The van der Waals surface area contributed by atoms with Crippen LogP contribution in [0.15, 0.2) is 35.1 Å². The molecule has 1 unspecified atom stereocenters. The van der Waals surface area contributed by atoms with Crippen LogP contribution < -0.4 is 36.1 Å². The normalized spacial score (nSPS) is 23.0. The van der Waals surface area contributed by atoms with Crippen LogP contribution in [0.1, 0.15) is 67.3 Å². The first kappa shape index (κ1) is 43.3. The predicted octanol–water partition coefficient (Wildman–Crippen LogP) is 1.46. The van der Waals surface area contributed by atoms with Crippen molar-refractivity contribution in [3.05, 3.63) is 68.5 Å². The number of nitrogens with zero attached hydrogens (tertiary/aromatic N) is 2. The number of carbonyl (C=O) groups excluding carboxylic acids is 3. The second-order valence-electron chi connectivity index (χ2n) is 15.5. The Hall–Kier alpha value is -6.36. The number of unbranched alkanes of at least 4 members (excludes halogenated alkanes) is 1. The van der Waals surface area contributed by atoms with E-state index in [0.29, 0.717) is 39.8 Å². The van der Waals surface area contributed by atoms with Gasteiger partial charge in [0.25, 0.3) is 5.56 Å². The number of hydrogen-bond donors (Lipinski definition) is 8. The number of aromatic nitrogens is 2. The van der Waals surface area contributed by atoms with Crippen molar-refractivity contribution < 1.29 is 73.1 Å². The van der Waals surface area contributed by atoms with E-state index in [0.717, 1.165) is 18.4 Å². The summed E-state index contributed by atoms with van der Waals surface area (Å²) in [7, 11) is 0. The molecule has 2 aromatic carbocycles. The highest BCUT2D eigenvalue weighted by Gasteiger charge is 2.49. The first-order valence-corrected chi connectivity index (χ1v) is 20.3. The molecule has 0 saturated carbocycles. The average molecular weight is 876 g/mol. The van der Waals surface area contributed by atoms with Crippen LogP contribution >= 0.6 is 0 Å². The first-order chi connectivity index (χ1) is 30.2. The van der Waals surface area contributed by atoms with Gasteiger partial charge in [0.15, 0.2) is 23.2 Å². The number of benzene rings is 2. The highest BCUT2D eigenvalue weighted by atomic mass is 16.7. The number of cyclic esters (lactones) is 1. The van der Waals surface area contributed by atoms with Crippen molar-refractivity contribution in [2.24, 2.45) is 5.73 Å². The number of aryl methyl sites for hydroxylation is 1. The SMILES string of the molecule is CCCCc1c2c(nc3cc4c(c(NC(=O)OCc5ccc(OC6O[C@H](C(=O)O)[C@@H](O)[C@H](O)[C@H]6O)c(NC(=O)CCN)c5)c13)OCO4)-c1cc3c(c(=O)n1C2)COC(=O)[C@]3(O)CC. The number of fused-ring (bicyclic) bond motifs is 6. The molecule has 21 nitrogen and oxygen atoms in total. The molecule has 4 aliphatic heterocycles. The van der Waals surface area contributed by atoms with Crippen LogP contribution in [0.2, 0.25) is 0 Å². The van der Waals surface area contributed by atoms with E-state index < -0.39 is 65.8 Å². The molecule has 6 heterocycles.